The summed E-state index contributed by atoms with van der Waals surface area (Å²) in [4.78, 5) is 0. The largest absolute Gasteiger partial charge is 0.310 e. The van der Waals surface area contributed by atoms with Crippen LogP contribution in [0.15, 0.2) is 36.5 Å². The van der Waals surface area contributed by atoms with Crippen molar-refractivity contribution in [3.63, 3.8) is 0 Å². The van der Waals surface area contributed by atoms with Gasteiger partial charge in [-0.05, 0) is 31.9 Å². The van der Waals surface area contributed by atoms with Gasteiger partial charge in [0.05, 0.1) is 0 Å². The molecule has 0 amide bonds. The smallest absolute Gasteiger partial charge is 0.0320 e. The van der Waals surface area contributed by atoms with Crippen LogP contribution in [0.1, 0.15) is 19.8 Å². The summed E-state index contributed by atoms with van der Waals surface area (Å²) in [6.07, 6.45) is 10.7. The van der Waals surface area contributed by atoms with E-state index in [9.17, 15) is 0 Å². The molecule has 0 aromatic rings. The first-order valence-corrected chi connectivity index (χ1v) is 4.57. The zero-order valence-corrected chi connectivity index (χ0v) is 7.72. The first-order valence-electron chi connectivity index (χ1n) is 4.57. The molecule has 1 saturated heterocycles. The maximum atomic E-state index is 3.82. The van der Waals surface area contributed by atoms with Crippen LogP contribution in [-0.2, 0) is 0 Å². The third-order valence-corrected chi connectivity index (χ3v) is 2.18. The molecule has 0 aromatic carbocycles. The van der Waals surface area contributed by atoms with Crippen LogP contribution in [-0.4, -0.2) is 12.6 Å². The molecule has 1 fully saturated rings. The van der Waals surface area contributed by atoms with Crippen molar-refractivity contribution in [1.82, 2.24) is 5.32 Å². The standard InChI is InChI=1S/C11H17N/c1-3-5-7-10(4-2)11-8-6-9-12-11/h3-5,7,11-12H,2,6,8-9H2,1H3/b5-3-,10-7+/t11-/m1/s1. The predicted octanol–water partition coefficient (Wildman–Crippen LogP) is 2.43. The molecule has 1 N–H and O–H groups in total. The van der Waals surface area contributed by atoms with Crippen LogP contribution in [0.5, 0.6) is 0 Å². The van der Waals surface area contributed by atoms with Gasteiger partial charge in [0, 0.05) is 6.04 Å². The fourth-order valence-corrected chi connectivity index (χ4v) is 1.50. The highest BCUT2D eigenvalue weighted by atomic mass is 14.9. The van der Waals surface area contributed by atoms with Gasteiger partial charge in [-0.25, -0.2) is 0 Å². The number of rotatable bonds is 3. The van der Waals surface area contributed by atoms with E-state index in [1.807, 2.05) is 19.1 Å². The Morgan fingerprint density at radius 1 is 1.58 bits per heavy atom. The van der Waals surface area contributed by atoms with E-state index in [-0.39, 0.29) is 0 Å². The molecule has 0 unspecified atom stereocenters. The maximum absolute atomic E-state index is 3.82. The van der Waals surface area contributed by atoms with Gasteiger partial charge < -0.3 is 5.32 Å². The predicted molar refractivity (Wildman–Crippen MR) is 54.1 cm³/mol. The van der Waals surface area contributed by atoms with Gasteiger partial charge in [-0.2, -0.15) is 0 Å². The number of hydrogen-bond acceptors (Lipinski definition) is 1. The van der Waals surface area contributed by atoms with Crippen molar-refractivity contribution in [3.05, 3.63) is 36.5 Å². The maximum Gasteiger partial charge on any atom is 0.0320 e. The summed E-state index contributed by atoms with van der Waals surface area (Å²) in [6.45, 7) is 6.99. The van der Waals surface area contributed by atoms with Gasteiger partial charge in [-0.3, -0.25) is 0 Å². The lowest BCUT2D eigenvalue weighted by Gasteiger charge is -2.09. The normalized spacial score (nSPS) is 25.1. The van der Waals surface area contributed by atoms with Crippen LogP contribution in [0.25, 0.3) is 0 Å². The van der Waals surface area contributed by atoms with Crippen LogP contribution in [0.3, 0.4) is 0 Å². The van der Waals surface area contributed by atoms with E-state index in [1.54, 1.807) is 0 Å². The van der Waals surface area contributed by atoms with Gasteiger partial charge in [0.15, 0.2) is 0 Å². The summed E-state index contributed by atoms with van der Waals surface area (Å²) in [6, 6.07) is 0.540. The average molecular weight is 163 g/mol. The molecule has 1 heterocycles. The molecular weight excluding hydrogens is 146 g/mol. The Bertz CT molecular complexity index is 195. The number of hydrogen-bond donors (Lipinski definition) is 1. The molecule has 1 heteroatoms. The van der Waals surface area contributed by atoms with Gasteiger partial charge >= 0.3 is 0 Å². The van der Waals surface area contributed by atoms with E-state index in [4.69, 9.17) is 0 Å². The first kappa shape index (κ1) is 9.27. The lowest BCUT2D eigenvalue weighted by molar-refractivity contribution is 0.703. The van der Waals surface area contributed by atoms with Gasteiger partial charge in [-0.15, -0.1) is 0 Å². The Kier molecular flexibility index (Phi) is 3.81. The number of nitrogens with one attached hydrogen (secondary N) is 1. The molecule has 1 nitrogen and oxygen atoms in total. The minimum absolute atomic E-state index is 0.540. The fraction of sp³-hybridized carbons (Fsp3) is 0.455. The minimum atomic E-state index is 0.540. The molecule has 1 rings (SSSR count). The Labute approximate surface area is 74.9 Å². The van der Waals surface area contributed by atoms with Crippen LogP contribution in [0, 0.1) is 0 Å². The fourth-order valence-electron chi connectivity index (χ4n) is 1.50. The summed E-state index contributed by atoms with van der Waals surface area (Å²) >= 11 is 0. The Morgan fingerprint density at radius 3 is 2.92 bits per heavy atom. The van der Waals surface area contributed by atoms with Crippen molar-refractivity contribution in [3.8, 4) is 0 Å². The SMILES string of the molecule is C=C/C(=C\C=C/C)[C@H]1CCCN1. The minimum Gasteiger partial charge on any atom is -0.310 e. The van der Waals surface area contributed by atoms with E-state index >= 15 is 0 Å². The van der Waals surface area contributed by atoms with Gasteiger partial charge in [0.25, 0.3) is 0 Å². The summed E-state index contributed by atoms with van der Waals surface area (Å²) in [5.74, 6) is 0. The van der Waals surface area contributed by atoms with E-state index in [1.165, 1.54) is 18.4 Å². The van der Waals surface area contributed by atoms with E-state index < -0.39 is 0 Å². The van der Waals surface area contributed by atoms with Gasteiger partial charge in [0.1, 0.15) is 0 Å². The highest BCUT2D eigenvalue weighted by Gasteiger charge is 2.15. The molecule has 0 aliphatic carbocycles. The zero-order chi connectivity index (χ0) is 8.81. The monoisotopic (exact) mass is 163 g/mol. The van der Waals surface area contributed by atoms with Crippen molar-refractivity contribution < 1.29 is 0 Å². The third-order valence-electron chi connectivity index (χ3n) is 2.18. The molecule has 1 atom stereocenters. The molecule has 1 aliphatic rings. The molecule has 0 aromatic heterocycles. The van der Waals surface area contributed by atoms with Crippen LogP contribution < -0.4 is 5.32 Å². The second kappa shape index (κ2) is 4.94. The van der Waals surface area contributed by atoms with E-state index in [2.05, 4.69) is 24.0 Å². The summed E-state index contributed by atoms with van der Waals surface area (Å²) in [5, 5.41) is 3.44. The van der Waals surface area contributed by atoms with Gasteiger partial charge in [-0.1, -0.05) is 30.9 Å². The lowest BCUT2D eigenvalue weighted by Crippen LogP contribution is -2.22. The molecule has 12 heavy (non-hydrogen) atoms. The molecular formula is C11H17N. The van der Waals surface area contributed by atoms with Gasteiger partial charge in [0.2, 0.25) is 0 Å². The number of allylic oxidation sites excluding steroid dienone is 3. The van der Waals surface area contributed by atoms with Crippen molar-refractivity contribution in [1.29, 1.82) is 0 Å². The Morgan fingerprint density at radius 2 is 2.42 bits per heavy atom. The Hall–Kier alpha value is -0.820. The quantitative estimate of drug-likeness (QED) is 0.630. The molecule has 1 aliphatic heterocycles. The van der Waals surface area contributed by atoms with Crippen LogP contribution in [0.4, 0.5) is 0 Å². The molecule has 0 saturated carbocycles. The highest BCUT2D eigenvalue weighted by molar-refractivity contribution is 5.27. The second-order valence-corrected chi connectivity index (χ2v) is 3.05. The van der Waals surface area contributed by atoms with Crippen molar-refractivity contribution in [2.75, 3.05) is 6.54 Å². The van der Waals surface area contributed by atoms with E-state index in [0.29, 0.717) is 6.04 Å². The molecule has 0 spiro atoms. The van der Waals surface area contributed by atoms with Crippen molar-refractivity contribution in [2.24, 2.45) is 0 Å². The molecule has 0 bridgehead atoms. The topological polar surface area (TPSA) is 12.0 Å². The first-order chi connectivity index (χ1) is 5.88. The van der Waals surface area contributed by atoms with Crippen LogP contribution in [0.2, 0.25) is 0 Å². The van der Waals surface area contributed by atoms with E-state index in [0.717, 1.165) is 6.54 Å². The molecule has 66 valence electrons. The third kappa shape index (κ3) is 2.35. The van der Waals surface area contributed by atoms with Crippen molar-refractivity contribution in [2.45, 2.75) is 25.8 Å². The molecule has 0 radical (unpaired) electrons. The van der Waals surface area contributed by atoms with Crippen LogP contribution >= 0.6 is 0 Å². The summed E-state index contributed by atoms with van der Waals surface area (Å²) in [7, 11) is 0. The highest BCUT2D eigenvalue weighted by Crippen LogP contribution is 2.14. The van der Waals surface area contributed by atoms with Crippen molar-refractivity contribution >= 4 is 0 Å². The second-order valence-electron chi connectivity index (χ2n) is 3.05. The lowest BCUT2D eigenvalue weighted by atomic mass is 10.1. The summed E-state index contributed by atoms with van der Waals surface area (Å²) in [5.41, 5.74) is 1.31. The Balaban J connectivity index is 2.59. The zero-order valence-electron chi connectivity index (χ0n) is 7.72. The summed E-state index contributed by atoms with van der Waals surface area (Å²) < 4.78 is 0. The average Bonchev–Trinajstić information content (AvgIpc) is 2.59.